The third-order valence-electron chi connectivity index (χ3n) is 7.85. The van der Waals surface area contributed by atoms with E-state index in [2.05, 4.69) is 0 Å². The number of halogens is 4. The minimum Gasteiger partial charge on any atom is -0.491 e. The van der Waals surface area contributed by atoms with E-state index in [4.69, 9.17) is 9.47 Å². The molecule has 2 nitrogen and oxygen atoms in total. The first-order valence-corrected chi connectivity index (χ1v) is 13.2. The van der Waals surface area contributed by atoms with Crippen molar-refractivity contribution in [1.29, 1.82) is 0 Å². The Bertz CT molecular complexity index is 1050. The number of ether oxygens (including phenoxy) is 2. The topological polar surface area (TPSA) is 18.5 Å². The number of allylic oxidation sites excluding steroid dienone is 2. The van der Waals surface area contributed by atoms with Gasteiger partial charge in [-0.1, -0.05) is 18.2 Å². The van der Waals surface area contributed by atoms with Crippen molar-refractivity contribution in [3.05, 3.63) is 65.2 Å². The molecule has 0 bridgehead atoms. The summed E-state index contributed by atoms with van der Waals surface area (Å²) in [5, 5.41) is 0. The lowest BCUT2D eigenvalue weighted by Gasteiger charge is -2.37. The highest BCUT2D eigenvalue weighted by Crippen LogP contribution is 2.41. The van der Waals surface area contributed by atoms with Crippen LogP contribution in [0.4, 0.5) is 17.6 Å². The van der Waals surface area contributed by atoms with Gasteiger partial charge in [-0.3, -0.25) is 0 Å². The van der Waals surface area contributed by atoms with Crippen LogP contribution in [0.15, 0.2) is 42.2 Å². The molecule has 2 aliphatic rings. The van der Waals surface area contributed by atoms with Crippen molar-refractivity contribution < 1.29 is 27.0 Å². The monoisotopic (exact) mass is 504 g/mol. The third-order valence-corrected chi connectivity index (χ3v) is 7.85. The first-order valence-electron chi connectivity index (χ1n) is 13.2. The fourth-order valence-corrected chi connectivity index (χ4v) is 5.90. The van der Waals surface area contributed by atoms with Crippen LogP contribution < -0.4 is 4.74 Å². The molecule has 0 radical (unpaired) electrons. The van der Waals surface area contributed by atoms with E-state index in [0.29, 0.717) is 23.3 Å². The van der Waals surface area contributed by atoms with Crippen LogP contribution in [0.25, 0.3) is 11.1 Å². The number of rotatable bonds is 8. The summed E-state index contributed by atoms with van der Waals surface area (Å²) >= 11 is 0. The van der Waals surface area contributed by atoms with Gasteiger partial charge in [0.05, 0.1) is 25.1 Å². The quantitative estimate of drug-likeness (QED) is 0.334. The summed E-state index contributed by atoms with van der Waals surface area (Å²) in [6.07, 6.45) is 10.5. The molecule has 0 saturated heterocycles. The van der Waals surface area contributed by atoms with Crippen LogP contribution in [-0.2, 0) is 11.3 Å². The molecular weight excluding hydrogens is 468 g/mol. The van der Waals surface area contributed by atoms with Gasteiger partial charge in [0.25, 0.3) is 0 Å². The van der Waals surface area contributed by atoms with E-state index >= 15 is 0 Å². The molecule has 0 unspecified atom stereocenters. The highest BCUT2D eigenvalue weighted by atomic mass is 19.2. The molecule has 2 fully saturated rings. The summed E-state index contributed by atoms with van der Waals surface area (Å²) in [6.45, 7) is 3.59. The number of benzene rings is 2. The summed E-state index contributed by atoms with van der Waals surface area (Å²) in [4.78, 5) is 0. The van der Waals surface area contributed by atoms with E-state index in [1.54, 1.807) is 25.1 Å². The van der Waals surface area contributed by atoms with Gasteiger partial charge in [-0.25, -0.2) is 13.2 Å². The highest BCUT2D eigenvalue weighted by molar-refractivity contribution is 5.65. The molecule has 2 aromatic carbocycles. The van der Waals surface area contributed by atoms with Crippen LogP contribution in [0.1, 0.15) is 70.8 Å². The van der Waals surface area contributed by atoms with Crippen LogP contribution in [0.2, 0.25) is 0 Å². The SMILES string of the molecule is CCOc1ccc(-c2ccc(COC3CCC(C4CCC(/C=C(/C)F)CC4)CC3)c(F)c2)c(F)c1F. The van der Waals surface area contributed by atoms with E-state index in [1.165, 1.54) is 38.0 Å². The minimum atomic E-state index is -1.07. The van der Waals surface area contributed by atoms with E-state index in [0.717, 1.165) is 38.5 Å². The molecule has 0 heterocycles. The average Bonchev–Trinajstić information content (AvgIpc) is 2.87. The van der Waals surface area contributed by atoms with Gasteiger partial charge in [-0.15, -0.1) is 0 Å². The van der Waals surface area contributed by atoms with Gasteiger partial charge >= 0.3 is 0 Å². The maximum absolute atomic E-state index is 14.8. The van der Waals surface area contributed by atoms with Crippen LogP contribution in [0.5, 0.6) is 5.75 Å². The van der Waals surface area contributed by atoms with Gasteiger partial charge < -0.3 is 9.47 Å². The maximum Gasteiger partial charge on any atom is 0.201 e. The second kappa shape index (κ2) is 12.3. The van der Waals surface area contributed by atoms with Crippen LogP contribution in [0.3, 0.4) is 0 Å². The summed E-state index contributed by atoms with van der Waals surface area (Å²) in [7, 11) is 0. The zero-order valence-corrected chi connectivity index (χ0v) is 21.2. The minimum absolute atomic E-state index is 0.00877. The smallest absolute Gasteiger partial charge is 0.201 e. The first-order chi connectivity index (χ1) is 17.4. The lowest BCUT2D eigenvalue weighted by Crippen LogP contribution is -2.28. The molecule has 0 aliphatic heterocycles. The lowest BCUT2D eigenvalue weighted by atomic mass is 9.70. The lowest BCUT2D eigenvalue weighted by molar-refractivity contribution is -0.00329. The highest BCUT2D eigenvalue weighted by Gasteiger charge is 2.31. The Hall–Kier alpha value is -2.34. The van der Waals surface area contributed by atoms with Crippen LogP contribution in [-0.4, -0.2) is 12.7 Å². The van der Waals surface area contributed by atoms with E-state index in [1.807, 2.05) is 0 Å². The predicted octanol–water partition coefficient (Wildman–Crippen LogP) is 8.92. The van der Waals surface area contributed by atoms with Crippen molar-refractivity contribution in [2.45, 2.75) is 77.9 Å². The normalized spacial score (nSPS) is 25.1. The molecule has 2 saturated carbocycles. The molecular formula is C30H36F4O2. The molecule has 36 heavy (non-hydrogen) atoms. The Morgan fingerprint density at radius 2 is 1.56 bits per heavy atom. The van der Waals surface area contributed by atoms with Crippen LogP contribution in [0, 0.1) is 35.2 Å². The summed E-state index contributed by atoms with van der Waals surface area (Å²) in [6, 6.07) is 7.15. The van der Waals surface area contributed by atoms with Crippen molar-refractivity contribution >= 4 is 0 Å². The van der Waals surface area contributed by atoms with Gasteiger partial charge in [0.1, 0.15) is 5.82 Å². The molecule has 0 amide bonds. The first kappa shape index (κ1) is 26.7. The zero-order valence-electron chi connectivity index (χ0n) is 21.2. The summed E-state index contributed by atoms with van der Waals surface area (Å²) < 4.78 is 67.8. The summed E-state index contributed by atoms with van der Waals surface area (Å²) in [5.41, 5.74) is 0.663. The maximum atomic E-state index is 14.8. The van der Waals surface area contributed by atoms with Gasteiger partial charge in [-0.05, 0) is 107 Å². The Morgan fingerprint density at radius 1 is 0.889 bits per heavy atom. The van der Waals surface area contributed by atoms with Crippen molar-refractivity contribution in [1.82, 2.24) is 0 Å². The molecule has 196 valence electrons. The fourth-order valence-electron chi connectivity index (χ4n) is 5.90. The van der Waals surface area contributed by atoms with Crippen molar-refractivity contribution in [3.8, 4) is 16.9 Å². The van der Waals surface area contributed by atoms with Gasteiger partial charge in [0, 0.05) is 11.1 Å². The molecule has 0 spiro atoms. The standard InChI is InChI=1S/C30H36F4O2/c1-3-35-28-15-14-26(29(33)30(28)34)23-8-9-24(27(32)17-23)18-36-25-12-10-22(11-13-25)21-6-4-20(5-7-21)16-19(2)31/h8-9,14-17,20-22,25H,3-7,10-13,18H2,1-2H3/b19-16-. The second-order valence-corrected chi connectivity index (χ2v) is 10.3. The molecule has 6 heteroatoms. The number of hydrogen-bond acceptors (Lipinski definition) is 2. The second-order valence-electron chi connectivity index (χ2n) is 10.3. The Kier molecular flexibility index (Phi) is 9.10. The van der Waals surface area contributed by atoms with Crippen molar-refractivity contribution in [3.63, 3.8) is 0 Å². The molecule has 0 atom stereocenters. The molecule has 0 aromatic heterocycles. The van der Waals surface area contributed by atoms with E-state index < -0.39 is 17.5 Å². The molecule has 2 aliphatic carbocycles. The van der Waals surface area contributed by atoms with Gasteiger partial charge in [0.15, 0.2) is 11.6 Å². The third kappa shape index (κ3) is 6.50. The Labute approximate surface area is 211 Å². The molecule has 0 N–H and O–H groups in total. The van der Waals surface area contributed by atoms with E-state index in [9.17, 15) is 17.6 Å². The van der Waals surface area contributed by atoms with Gasteiger partial charge in [0.2, 0.25) is 5.82 Å². The molecule has 4 rings (SSSR count). The predicted molar refractivity (Wildman–Crippen MR) is 134 cm³/mol. The summed E-state index contributed by atoms with van der Waals surface area (Å²) in [5.74, 6) is -1.05. The largest absolute Gasteiger partial charge is 0.491 e. The van der Waals surface area contributed by atoms with Gasteiger partial charge in [-0.2, -0.15) is 4.39 Å². The zero-order chi connectivity index (χ0) is 25.7. The van der Waals surface area contributed by atoms with Crippen molar-refractivity contribution in [2.24, 2.45) is 17.8 Å². The Balaban J connectivity index is 1.28. The molecule has 2 aromatic rings. The van der Waals surface area contributed by atoms with E-state index in [-0.39, 0.29) is 42.0 Å². The number of hydrogen-bond donors (Lipinski definition) is 0. The van der Waals surface area contributed by atoms with Crippen molar-refractivity contribution in [2.75, 3.05) is 6.61 Å². The van der Waals surface area contributed by atoms with Crippen LogP contribution >= 0.6 is 0 Å². The fraction of sp³-hybridized carbons (Fsp3) is 0.533. The average molecular weight is 505 g/mol. The Morgan fingerprint density at radius 3 is 2.17 bits per heavy atom.